The maximum atomic E-state index is 13.8. The number of nitrogens with one attached hydrogen (secondary N) is 1. The predicted octanol–water partition coefficient (Wildman–Crippen LogP) is 4.66. The molecular formula is C28H28N4O3S. The summed E-state index contributed by atoms with van der Waals surface area (Å²) in [4.78, 5) is 30.2. The van der Waals surface area contributed by atoms with E-state index in [-0.39, 0.29) is 24.9 Å². The van der Waals surface area contributed by atoms with Crippen molar-refractivity contribution in [2.45, 2.75) is 39.0 Å². The minimum atomic E-state index is -1.13. The lowest BCUT2D eigenvalue weighted by Crippen LogP contribution is -2.63. The number of amides is 2. The highest BCUT2D eigenvalue weighted by Crippen LogP contribution is 2.33. The van der Waals surface area contributed by atoms with Crippen LogP contribution in [-0.2, 0) is 24.4 Å². The molecule has 1 aliphatic rings. The van der Waals surface area contributed by atoms with E-state index in [1.165, 1.54) is 0 Å². The zero-order valence-corrected chi connectivity index (χ0v) is 21.3. The van der Waals surface area contributed by atoms with Crippen molar-refractivity contribution in [2.24, 2.45) is 0 Å². The van der Waals surface area contributed by atoms with Crippen molar-refractivity contribution in [1.82, 2.24) is 20.0 Å². The van der Waals surface area contributed by atoms with Crippen molar-refractivity contribution < 1.29 is 14.3 Å². The van der Waals surface area contributed by atoms with Gasteiger partial charge in [0.2, 0.25) is 5.91 Å². The molecule has 1 atom stereocenters. The zero-order valence-electron chi connectivity index (χ0n) is 20.5. The van der Waals surface area contributed by atoms with E-state index in [1.807, 2.05) is 86.0 Å². The van der Waals surface area contributed by atoms with Gasteiger partial charge in [-0.25, -0.2) is 0 Å². The number of fused-ring (bicyclic) bond motifs is 1. The molecule has 5 rings (SSSR count). The number of carbonyl (C=O) groups excluding carboxylic acids is 2. The second-order valence-corrected chi connectivity index (χ2v) is 10.2. The molecule has 0 aliphatic carbocycles. The Hall–Kier alpha value is -3.91. The third-order valence-corrected chi connectivity index (χ3v) is 7.53. The molecule has 2 amide bonds. The molecule has 3 heterocycles. The Bertz CT molecular complexity index is 1380. The van der Waals surface area contributed by atoms with Crippen molar-refractivity contribution in [2.75, 3.05) is 7.11 Å². The molecule has 1 N–H and O–H groups in total. The van der Waals surface area contributed by atoms with Crippen molar-refractivity contribution in [3.8, 4) is 16.3 Å². The number of ether oxygens (including phenoxy) is 1. The van der Waals surface area contributed by atoms with Crippen LogP contribution >= 0.6 is 11.3 Å². The highest BCUT2D eigenvalue weighted by atomic mass is 32.1. The van der Waals surface area contributed by atoms with E-state index in [0.717, 1.165) is 33.0 Å². The lowest BCUT2D eigenvalue weighted by Gasteiger charge is -2.43. The summed E-state index contributed by atoms with van der Waals surface area (Å²) in [6, 6.07) is 21.3. The molecule has 1 aliphatic heterocycles. The maximum Gasteiger partial charge on any atom is 0.273 e. The van der Waals surface area contributed by atoms with E-state index < -0.39 is 5.54 Å². The van der Waals surface area contributed by atoms with Gasteiger partial charge in [-0.3, -0.25) is 14.3 Å². The third-order valence-electron chi connectivity index (χ3n) is 6.63. The quantitative estimate of drug-likeness (QED) is 0.401. The molecule has 0 unspecified atom stereocenters. The lowest BCUT2D eigenvalue weighted by atomic mass is 9.94. The molecule has 184 valence electrons. The number of aryl methyl sites for hydroxylation is 1. The first kappa shape index (κ1) is 23.8. The van der Waals surface area contributed by atoms with E-state index in [2.05, 4.69) is 5.32 Å². The van der Waals surface area contributed by atoms with Crippen LogP contribution in [0, 0.1) is 6.92 Å². The summed E-state index contributed by atoms with van der Waals surface area (Å²) in [6.45, 7) is 4.77. The van der Waals surface area contributed by atoms with Crippen LogP contribution in [0.15, 0.2) is 72.1 Å². The van der Waals surface area contributed by atoms with Gasteiger partial charge in [-0.2, -0.15) is 5.10 Å². The summed E-state index contributed by atoms with van der Waals surface area (Å²) in [5, 5.41) is 9.73. The van der Waals surface area contributed by atoms with E-state index >= 15 is 0 Å². The topological polar surface area (TPSA) is 76.5 Å². The minimum Gasteiger partial charge on any atom is -0.497 e. The number of methoxy groups -OCH3 is 1. The van der Waals surface area contributed by atoms with Crippen LogP contribution in [0.25, 0.3) is 10.6 Å². The summed E-state index contributed by atoms with van der Waals surface area (Å²) in [5.74, 6) is 0.296. The molecule has 8 heteroatoms. The number of hydrogen-bond acceptors (Lipinski definition) is 5. The zero-order chi connectivity index (χ0) is 25.3. The summed E-state index contributed by atoms with van der Waals surface area (Å²) in [5.41, 5.74) is 3.16. The van der Waals surface area contributed by atoms with Gasteiger partial charge in [0, 0.05) is 13.1 Å². The van der Waals surface area contributed by atoms with Crippen molar-refractivity contribution >= 4 is 23.2 Å². The van der Waals surface area contributed by atoms with Crippen LogP contribution in [0.5, 0.6) is 5.75 Å². The lowest BCUT2D eigenvalue weighted by molar-refractivity contribution is -0.133. The largest absolute Gasteiger partial charge is 0.497 e. The Morgan fingerprint density at radius 3 is 2.50 bits per heavy atom. The van der Waals surface area contributed by atoms with Gasteiger partial charge >= 0.3 is 0 Å². The first-order chi connectivity index (χ1) is 17.4. The van der Waals surface area contributed by atoms with Crippen LogP contribution in [0.4, 0.5) is 0 Å². The van der Waals surface area contributed by atoms with Crippen LogP contribution in [0.3, 0.4) is 0 Å². The number of benzene rings is 2. The number of carbonyl (C=O) groups is 2. The monoisotopic (exact) mass is 500 g/mol. The first-order valence-corrected chi connectivity index (χ1v) is 12.7. The molecule has 2 aromatic heterocycles. The van der Waals surface area contributed by atoms with Crippen molar-refractivity contribution in [3.63, 3.8) is 0 Å². The van der Waals surface area contributed by atoms with Crippen molar-refractivity contribution in [1.29, 1.82) is 0 Å². The molecule has 0 radical (unpaired) electrons. The second-order valence-electron chi connectivity index (χ2n) is 9.23. The molecular weight excluding hydrogens is 472 g/mol. The van der Waals surface area contributed by atoms with Crippen LogP contribution in [0.2, 0.25) is 0 Å². The Morgan fingerprint density at radius 2 is 1.83 bits per heavy atom. The molecule has 2 aromatic carbocycles. The molecule has 0 saturated heterocycles. The van der Waals surface area contributed by atoms with Gasteiger partial charge in [-0.05, 0) is 54.6 Å². The van der Waals surface area contributed by atoms with Gasteiger partial charge in [-0.15, -0.1) is 11.3 Å². The Labute approximate surface area is 214 Å². The second kappa shape index (κ2) is 9.62. The molecule has 0 bridgehead atoms. The fraction of sp³-hybridized carbons (Fsp3) is 0.250. The molecule has 0 spiro atoms. The third kappa shape index (κ3) is 4.52. The van der Waals surface area contributed by atoms with Gasteiger partial charge in [0.1, 0.15) is 22.7 Å². The van der Waals surface area contributed by atoms with E-state index in [1.54, 1.807) is 28.0 Å². The number of thiophene rings is 1. The predicted molar refractivity (Wildman–Crippen MR) is 140 cm³/mol. The molecule has 0 fully saturated rings. The van der Waals surface area contributed by atoms with Crippen molar-refractivity contribution in [3.05, 3.63) is 94.5 Å². The fourth-order valence-corrected chi connectivity index (χ4v) is 5.11. The summed E-state index contributed by atoms with van der Waals surface area (Å²) >= 11 is 1.57. The first-order valence-electron chi connectivity index (χ1n) is 11.8. The Balaban J connectivity index is 1.47. The van der Waals surface area contributed by atoms with Gasteiger partial charge in [0.15, 0.2) is 0 Å². The van der Waals surface area contributed by atoms with Gasteiger partial charge in [0.25, 0.3) is 5.91 Å². The van der Waals surface area contributed by atoms with E-state index in [0.29, 0.717) is 12.2 Å². The highest BCUT2D eigenvalue weighted by molar-refractivity contribution is 7.13. The van der Waals surface area contributed by atoms with Gasteiger partial charge < -0.3 is 15.0 Å². The minimum absolute atomic E-state index is 0.219. The van der Waals surface area contributed by atoms with E-state index in [9.17, 15) is 9.59 Å². The number of aromatic nitrogens is 2. The van der Waals surface area contributed by atoms with Gasteiger partial charge in [0.05, 0.1) is 18.5 Å². The molecule has 0 saturated carbocycles. The number of nitrogens with zero attached hydrogens (tertiary/aromatic N) is 3. The molecule has 7 nitrogen and oxygen atoms in total. The average Bonchev–Trinajstić information content (AvgIpc) is 3.57. The number of rotatable bonds is 7. The standard InChI is InChI=1S/C28H28N4O3S/c1-19-6-8-20(9-7-19)16-29-27(34)28(2)18-32-24(15-23(30-32)25-5-4-14-36-25)26(33)31(28)17-21-10-12-22(35-3)13-11-21/h4-15H,16-18H2,1-3H3,(H,29,34)/t28-/m0/s1. The highest BCUT2D eigenvalue weighted by Gasteiger charge is 2.48. The maximum absolute atomic E-state index is 13.8. The van der Waals surface area contributed by atoms with Gasteiger partial charge in [-0.1, -0.05) is 48.0 Å². The smallest absolute Gasteiger partial charge is 0.273 e. The number of hydrogen-bond donors (Lipinski definition) is 1. The van der Waals surface area contributed by atoms with Crippen LogP contribution in [-0.4, -0.2) is 39.1 Å². The summed E-state index contributed by atoms with van der Waals surface area (Å²) in [6.07, 6.45) is 0. The average molecular weight is 501 g/mol. The molecule has 36 heavy (non-hydrogen) atoms. The van der Waals surface area contributed by atoms with E-state index in [4.69, 9.17) is 9.84 Å². The summed E-state index contributed by atoms with van der Waals surface area (Å²) < 4.78 is 6.94. The Kier molecular flexibility index (Phi) is 6.36. The summed E-state index contributed by atoms with van der Waals surface area (Å²) in [7, 11) is 1.62. The SMILES string of the molecule is COc1ccc(CN2C(=O)c3cc(-c4cccs4)nn3C[C@@]2(C)C(=O)NCc2ccc(C)cc2)cc1. The Morgan fingerprint density at radius 1 is 1.11 bits per heavy atom. The van der Waals surface area contributed by atoms with Crippen LogP contribution < -0.4 is 10.1 Å². The van der Waals surface area contributed by atoms with Crippen LogP contribution in [0.1, 0.15) is 34.1 Å². The normalized spacial score (nSPS) is 17.1. The fourth-order valence-electron chi connectivity index (χ4n) is 4.43. The molecule has 4 aromatic rings.